The maximum atomic E-state index is 12.5. The molecule has 0 amide bonds. The van der Waals surface area contributed by atoms with Gasteiger partial charge in [0, 0.05) is 24.2 Å². The van der Waals surface area contributed by atoms with Gasteiger partial charge in [0.1, 0.15) is 0 Å². The molecular formula is C14H17ClF3N. The van der Waals surface area contributed by atoms with Crippen molar-refractivity contribution in [1.82, 2.24) is 0 Å². The molecule has 0 N–H and O–H groups in total. The molecule has 0 spiro atoms. The average molecular weight is 292 g/mol. The van der Waals surface area contributed by atoms with Crippen LogP contribution in [-0.2, 0) is 6.18 Å². The number of hydrogen-bond acceptors (Lipinski definition) is 1. The molecular weight excluding hydrogens is 275 g/mol. The second kappa shape index (κ2) is 6.04. The van der Waals surface area contributed by atoms with E-state index in [0.29, 0.717) is 5.88 Å². The summed E-state index contributed by atoms with van der Waals surface area (Å²) in [5.41, 5.74) is 0.231. The fourth-order valence-electron chi connectivity index (χ4n) is 2.52. The first kappa shape index (κ1) is 14.5. The average Bonchev–Trinajstić information content (AvgIpc) is 2.62. The summed E-state index contributed by atoms with van der Waals surface area (Å²) >= 11 is 5.98. The Labute approximate surface area is 116 Å². The van der Waals surface area contributed by atoms with E-state index in [1.807, 2.05) is 0 Å². The molecule has 1 saturated heterocycles. The minimum atomic E-state index is -4.27. The first-order valence-corrected chi connectivity index (χ1v) is 7.05. The highest BCUT2D eigenvalue weighted by Crippen LogP contribution is 2.32. The Bertz CT molecular complexity index is 402. The zero-order valence-corrected chi connectivity index (χ0v) is 11.3. The Morgan fingerprint density at radius 3 is 2.37 bits per heavy atom. The summed E-state index contributed by atoms with van der Waals surface area (Å²) < 4.78 is 37.6. The Balaban J connectivity index is 2.19. The Morgan fingerprint density at radius 2 is 1.79 bits per heavy atom. The van der Waals surface area contributed by atoms with Crippen LogP contribution in [0.15, 0.2) is 24.3 Å². The molecule has 1 aliphatic rings. The number of hydrogen-bond donors (Lipinski definition) is 0. The van der Waals surface area contributed by atoms with Crippen molar-refractivity contribution in [3.63, 3.8) is 0 Å². The van der Waals surface area contributed by atoms with Crippen molar-refractivity contribution in [1.29, 1.82) is 0 Å². The van der Waals surface area contributed by atoms with Crippen LogP contribution < -0.4 is 4.90 Å². The zero-order valence-electron chi connectivity index (χ0n) is 10.6. The molecule has 1 aromatic rings. The molecule has 1 atom stereocenters. The summed E-state index contributed by atoms with van der Waals surface area (Å²) in [6.45, 7) is 0.864. The highest BCUT2D eigenvalue weighted by molar-refractivity contribution is 6.18. The molecule has 0 aromatic heterocycles. The van der Waals surface area contributed by atoms with Crippen LogP contribution in [0.3, 0.4) is 0 Å². The van der Waals surface area contributed by atoms with Crippen LogP contribution >= 0.6 is 11.6 Å². The van der Waals surface area contributed by atoms with Gasteiger partial charge in [0.25, 0.3) is 0 Å². The summed E-state index contributed by atoms with van der Waals surface area (Å²) in [6.07, 6.45) is 0.0845. The summed E-state index contributed by atoms with van der Waals surface area (Å²) in [4.78, 5) is 2.14. The summed E-state index contributed by atoms with van der Waals surface area (Å²) in [7, 11) is 0. The van der Waals surface area contributed by atoms with Crippen LogP contribution in [0.4, 0.5) is 18.9 Å². The molecule has 5 heteroatoms. The summed E-state index contributed by atoms with van der Waals surface area (Å²) in [5.74, 6) is 0.515. The van der Waals surface area contributed by atoms with Crippen molar-refractivity contribution in [2.45, 2.75) is 37.9 Å². The van der Waals surface area contributed by atoms with Gasteiger partial charge in [0.2, 0.25) is 0 Å². The first-order valence-electron chi connectivity index (χ1n) is 6.52. The molecule has 0 bridgehead atoms. The molecule has 0 aliphatic carbocycles. The number of halogens is 4. The maximum absolute atomic E-state index is 12.5. The standard InChI is InChI=1S/C14H17ClF3N/c15-10-13-4-2-1-3-9-19(13)12-7-5-11(6-8-12)14(16,17)18/h5-8,13H,1-4,9-10H2. The fraction of sp³-hybridized carbons (Fsp3) is 0.571. The van der Waals surface area contributed by atoms with Crippen LogP contribution in [0.25, 0.3) is 0 Å². The molecule has 1 aromatic carbocycles. The van der Waals surface area contributed by atoms with Crippen LogP contribution in [0.2, 0.25) is 0 Å². The van der Waals surface area contributed by atoms with Crippen molar-refractivity contribution in [2.24, 2.45) is 0 Å². The minimum Gasteiger partial charge on any atom is -0.367 e. The van der Waals surface area contributed by atoms with Crippen LogP contribution in [0.5, 0.6) is 0 Å². The van der Waals surface area contributed by atoms with E-state index < -0.39 is 11.7 Å². The fourth-order valence-corrected chi connectivity index (χ4v) is 2.84. The number of anilines is 1. The van der Waals surface area contributed by atoms with E-state index in [9.17, 15) is 13.2 Å². The van der Waals surface area contributed by atoms with Gasteiger partial charge in [0.05, 0.1) is 5.56 Å². The van der Waals surface area contributed by atoms with Gasteiger partial charge in [-0.25, -0.2) is 0 Å². The van der Waals surface area contributed by atoms with Gasteiger partial charge < -0.3 is 4.90 Å². The second-order valence-corrected chi connectivity index (χ2v) is 5.20. The largest absolute Gasteiger partial charge is 0.416 e. The number of rotatable bonds is 2. The smallest absolute Gasteiger partial charge is 0.367 e. The quantitative estimate of drug-likeness (QED) is 0.714. The molecule has 19 heavy (non-hydrogen) atoms. The first-order chi connectivity index (χ1) is 9.02. The molecule has 1 nitrogen and oxygen atoms in total. The number of alkyl halides is 4. The van der Waals surface area contributed by atoms with Crippen molar-refractivity contribution in [2.75, 3.05) is 17.3 Å². The van der Waals surface area contributed by atoms with Gasteiger partial charge in [-0.2, -0.15) is 13.2 Å². The summed E-state index contributed by atoms with van der Waals surface area (Å²) in [5, 5.41) is 0. The van der Waals surface area contributed by atoms with E-state index in [-0.39, 0.29) is 6.04 Å². The predicted octanol–water partition coefficient (Wildman–Crippen LogP) is 4.69. The Hall–Kier alpha value is -0.900. The third-order valence-corrected chi connectivity index (χ3v) is 3.94. The van der Waals surface area contributed by atoms with E-state index in [2.05, 4.69) is 4.90 Å². The van der Waals surface area contributed by atoms with Gasteiger partial charge in [-0.1, -0.05) is 12.8 Å². The highest BCUT2D eigenvalue weighted by atomic mass is 35.5. The van der Waals surface area contributed by atoms with Gasteiger partial charge in [-0.05, 0) is 37.1 Å². The van der Waals surface area contributed by atoms with E-state index in [1.165, 1.54) is 0 Å². The second-order valence-electron chi connectivity index (χ2n) is 4.90. The van der Waals surface area contributed by atoms with Crippen LogP contribution in [0, 0.1) is 0 Å². The minimum absolute atomic E-state index is 0.223. The highest BCUT2D eigenvalue weighted by Gasteiger charge is 2.30. The van der Waals surface area contributed by atoms with E-state index in [1.54, 1.807) is 12.1 Å². The van der Waals surface area contributed by atoms with E-state index in [4.69, 9.17) is 11.6 Å². The van der Waals surface area contributed by atoms with Crippen LogP contribution in [-0.4, -0.2) is 18.5 Å². The molecule has 106 valence electrons. The van der Waals surface area contributed by atoms with Crippen molar-refractivity contribution >= 4 is 17.3 Å². The number of benzene rings is 1. The van der Waals surface area contributed by atoms with Gasteiger partial charge >= 0.3 is 6.18 Å². The lowest BCUT2D eigenvalue weighted by Crippen LogP contribution is -2.36. The van der Waals surface area contributed by atoms with Gasteiger partial charge in [-0.15, -0.1) is 11.6 Å². The van der Waals surface area contributed by atoms with Gasteiger partial charge in [0.15, 0.2) is 0 Å². The molecule has 0 saturated carbocycles. The Kier molecular flexibility index (Phi) is 4.61. The SMILES string of the molecule is FC(F)(F)c1ccc(N2CCCCCC2CCl)cc1. The van der Waals surface area contributed by atoms with Crippen molar-refractivity contribution in [3.8, 4) is 0 Å². The third kappa shape index (κ3) is 3.56. The molecule has 0 radical (unpaired) electrons. The lowest BCUT2D eigenvalue weighted by molar-refractivity contribution is -0.137. The van der Waals surface area contributed by atoms with Crippen LogP contribution in [0.1, 0.15) is 31.2 Å². The van der Waals surface area contributed by atoms with Crippen molar-refractivity contribution in [3.05, 3.63) is 29.8 Å². The normalized spacial score (nSPS) is 21.3. The molecule has 2 rings (SSSR count). The monoisotopic (exact) mass is 291 g/mol. The lowest BCUT2D eigenvalue weighted by atomic mass is 10.1. The molecule has 1 aliphatic heterocycles. The zero-order chi connectivity index (χ0) is 13.9. The summed E-state index contributed by atoms with van der Waals surface area (Å²) in [6, 6.07) is 5.61. The third-order valence-electron chi connectivity index (χ3n) is 3.58. The molecule has 1 fully saturated rings. The molecule has 1 unspecified atom stereocenters. The number of nitrogens with zero attached hydrogens (tertiary/aromatic N) is 1. The topological polar surface area (TPSA) is 3.24 Å². The van der Waals surface area contributed by atoms with E-state index >= 15 is 0 Å². The Morgan fingerprint density at radius 1 is 1.11 bits per heavy atom. The molecule has 1 heterocycles. The lowest BCUT2D eigenvalue weighted by Gasteiger charge is -2.31. The van der Waals surface area contributed by atoms with E-state index in [0.717, 1.165) is 50.0 Å². The van der Waals surface area contributed by atoms with Gasteiger partial charge in [-0.3, -0.25) is 0 Å². The maximum Gasteiger partial charge on any atom is 0.416 e. The van der Waals surface area contributed by atoms with Crippen molar-refractivity contribution < 1.29 is 13.2 Å². The predicted molar refractivity (Wildman–Crippen MR) is 71.8 cm³/mol.